The van der Waals surface area contributed by atoms with Gasteiger partial charge in [0.05, 0.1) is 17.7 Å². The van der Waals surface area contributed by atoms with E-state index < -0.39 is 6.10 Å². The van der Waals surface area contributed by atoms with Crippen molar-refractivity contribution in [3.63, 3.8) is 0 Å². The molecular formula is C14H18BrNO3. The van der Waals surface area contributed by atoms with Crippen molar-refractivity contribution in [3.05, 3.63) is 27.2 Å². The van der Waals surface area contributed by atoms with Gasteiger partial charge in [0.1, 0.15) is 5.75 Å². The van der Waals surface area contributed by atoms with E-state index in [1.54, 1.807) is 13.0 Å². The van der Waals surface area contributed by atoms with E-state index in [1.807, 2.05) is 6.92 Å². The Morgan fingerprint density at radius 1 is 1.37 bits per heavy atom. The molecule has 1 amide bonds. The van der Waals surface area contributed by atoms with E-state index in [-0.39, 0.29) is 23.3 Å². The van der Waals surface area contributed by atoms with Gasteiger partial charge in [0.2, 0.25) is 0 Å². The maximum absolute atomic E-state index is 12.2. The monoisotopic (exact) mass is 327 g/mol. The standard InChI is InChI=1S/C14H18BrNO3/c1-7-8(2)13(18)9(6-10(7)15)14(19)16-11-4-3-5-12(11)17/h6,11-12,17-18H,3-5H2,1-2H3,(H,16,19)/t11-,12-/m0/s1. The van der Waals surface area contributed by atoms with Crippen LogP contribution in [0.2, 0.25) is 0 Å². The van der Waals surface area contributed by atoms with Crippen LogP contribution in [0.5, 0.6) is 5.75 Å². The minimum atomic E-state index is -0.485. The first-order valence-corrected chi connectivity index (χ1v) is 7.18. The van der Waals surface area contributed by atoms with Crippen molar-refractivity contribution in [2.24, 2.45) is 0 Å². The van der Waals surface area contributed by atoms with Crippen molar-refractivity contribution in [2.75, 3.05) is 0 Å². The third kappa shape index (κ3) is 2.77. The zero-order valence-corrected chi connectivity index (χ0v) is 12.6. The van der Waals surface area contributed by atoms with Crippen molar-refractivity contribution in [2.45, 2.75) is 45.3 Å². The highest BCUT2D eigenvalue weighted by Gasteiger charge is 2.28. The van der Waals surface area contributed by atoms with Gasteiger partial charge < -0.3 is 15.5 Å². The Hall–Kier alpha value is -1.07. The normalized spacial score (nSPS) is 22.5. The molecule has 1 aliphatic carbocycles. The smallest absolute Gasteiger partial charge is 0.255 e. The lowest BCUT2D eigenvalue weighted by Gasteiger charge is -2.18. The van der Waals surface area contributed by atoms with Gasteiger partial charge in [-0.1, -0.05) is 15.9 Å². The van der Waals surface area contributed by atoms with Crippen molar-refractivity contribution >= 4 is 21.8 Å². The van der Waals surface area contributed by atoms with E-state index in [1.165, 1.54) is 0 Å². The molecule has 1 aliphatic rings. The van der Waals surface area contributed by atoms with Gasteiger partial charge in [0.25, 0.3) is 5.91 Å². The lowest BCUT2D eigenvalue weighted by Crippen LogP contribution is -2.39. The molecule has 5 heteroatoms. The summed E-state index contributed by atoms with van der Waals surface area (Å²) in [7, 11) is 0. The van der Waals surface area contributed by atoms with E-state index in [2.05, 4.69) is 21.2 Å². The quantitative estimate of drug-likeness (QED) is 0.781. The van der Waals surface area contributed by atoms with E-state index in [9.17, 15) is 15.0 Å². The fourth-order valence-electron chi connectivity index (χ4n) is 2.39. The van der Waals surface area contributed by atoms with Crippen LogP contribution >= 0.6 is 15.9 Å². The number of phenolic OH excluding ortho intramolecular Hbond substituents is 1. The van der Waals surface area contributed by atoms with Gasteiger partial charge in [-0.15, -0.1) is 0 Å². The Labute approximate surface area is 121 Å². The number of nitrogens with one attached hydrogen (secondary N) is 1. The zero-order chi connectivity index (χ0) is 14.2. The number of rotatable bonds is 2. The summed E-state index contributed by atoms with van der Waals surface area (Å²) in [5.41, 5.74) is 1.84. The number of benzene rings is 1. The van der Waals surface area contributed by atoms with E-state index in [0.29, 0.717) is 12.0 Å². The lowest BCUT2D eigenvalue weighted by atomic mass is 10.0. The summed E-state index contributed by atoms with van der Waals surface area (Å²) in [5.74, 6) is -0.335. The number of hydrogen-bond donors (Lipinski definition) is 3. The van der Waals surface area contributed by atoms with Crippen LogP contribution in [0.4, 0.5) is 0 Å². The molecule has 0 unspecified atom stereocenters. The number of carbonyl (C=O) groups is 1. The van der Waals surface area contributed by atoms with Crippen molar-refractivity contribution in [1.29, 1.82) is 0 Å². The number of aliphatic hydroxyl groups excluding tert-OH is 1. The minimum absolute atomic E-state index is 0.00527. The molecule has 0 saturated heterocycles. The molecule has 0 aromatic heterocycles. The van der Waals surface area contributed by atoms with Crippen LogP contribution in [0.15, 0.2) is 10.5 Å². The average molecular weight is 328 g/mol. The molecule has 0 spiro atoms. The number of halogens is 1. The molecule has 0 bridgehead atoms. The fraction of sp³-hybridized carbons (Fsp3) is 0.500. The van der Waals surface area contributed by atoms with Crippen LogP contribution in [0, 0.1) is 13.8 Å². The molecule has 104 valence electrons. The molecule has 0 heterocycles. The molecule has 19 heavy (non-hydrogen) atoms. The third-order valence-corrected chi connectivity index (χ3v) is 4.67. The maximum atomic E-state index is 12.2. The van der Waals surface area contributed by atoms with E-state index >= 15 is 0 Å². The molecule has 2 rings (SSSR count). The SMILES string of the molecule is Cc1c(Br)cc(C(=O)N[C@H]2CCC[C@@H]2O)c(O)c1C. The number of hydrogen-bond acceptors (Lipinski definition) is 3. The van der Waals surface area contributed by atoms with Crippen LogP contribution in [0.3, 0.4) is 0 Å². The molecule has 2 atom stereocenters. The summed E-state index contributed by atoms with van der Waals surface area (Å²) in [4.78, 5) is 12.2. The predicted molar refractivity (Wildman–Crippen MR) is 76.4 cm³/mol. The molecule has 1 saturated carbocycles. The Kier molecular flexibility index (Phi) is 4.16. The molecule has 3 N–H and O–H groups in total. The lowest BCUT2D eigenvalue weighted by molar-refractivity contribution is 0.0870. The molecule has 1 fully saturated rings. The van der Waals surface area contributed by atoms with Crippen LogP contribution in [0.1, 0.15) is 40.7 Å². The second-order valence-corrected chi connectivity index (χ2v) is 5.94. The summed E-state index contributed by atoms with van der Waals surface area (Å²) in [5, 5.41) is 22.6. The number of aromatic hydroxyl groups is 1. The zero-order valence-electron chi connectivity index (χ0n) is 11.0. The Morgan fingerprint density at radius 3 is 2.63 bits per heavy atom. The van der Waals surface area contributed by atoms with Gasteiger partial charge in [-0.2, -0.15) is 0 Å². The van der Waals surface area contributed by atoms with Crippen molar-refractivity contribution in [1.82, 2.24) is 5.32 Å². The van der Waals surface area contributed by atoms with E-state index in [0.717, 1.165) is 22.9 Å². The van der Waals surface area contributed by atoms with Crippen LogP contribution in [-0.2, 0) is 0 Å². The number of aliphatic hydroxyl groups is 1. The molecule has 1 aromatic carbocycles. The number of phenols is 1. The first-order chi connectivity index (χ1) is 8.91. The summed E-state index contributed by atoms with van der Waals surface area (Å²) >= 11 is 3.38. The molecule has 0 radical (unpaired) electrons. The van der Waals surface area contributed by atoms with Crippen LogP contribution < -0.4 is 5.32 Å². The maximum Gasteiger partial charge on any atom is 0.255 e. The first-order valence-electron chi connectivity index (χ1n) is 6.39. The van der Waals surface area contributed by atoms with Gasteiger partial charge in [0.15, 0.2) is 0 Å². The first kappa shape index (κ1) is 14.3. The highest BCUT2D eigenvalue weighted by molar-refractivity contribution is 9.10. The minimum Gasteiger partial charge on any atom is -0.507 e. The van der Waals surface area contributed by atoms with Gasteiger partial charge in [0, 0.05) is 4.47 Å². The Bertz CT molecular complexity index is 516. The number of amides is 1. The molecule has 1 aromatic rings. The summed E-state index contributed by atoms with van der Waals surface area (Å²) in [6.45, 7) is 3.65. The highest BCUT2D eigenvalue weighted by Crippen LogP contribution is 2.31. The second-order valence-electron chi connectivity index (χ2n) is 5.08. The summed E-state index contributed by atoms with van der Waals surface area (Å²) in [6.07, 6.45) is 1.92. The summed E-state index contributed by atoms with van der Waals surface area (Å²) < 4.78 is 0.792. The topological polar surface area (TPSA) is 69.6 Å². The Morgan fingerprint density at radius 2 is 2.05 bits per heavy atom. The second kappa shape index (κ2) is 5.51. The Balaban J connectivity index is 2.24. The predicted octanol–water partition coefficient (Wildman–Crippen LogP) is 2.41. The van der Waals surface area contributed by atoms with Gasteiger partial charge in [-0.05, 0) is 50.3 Å². The third-order valence-electron chi connectivity index (χ3n) is 3.84. The molecular weight excluding hydrogens is 310 g/mol. The summed E-state index contributed by atoms with van der Waals surface area (Å²) in [6, 6.07) is 1.40. The van der Waals surface area contributed by atoms with Gasteiger partial charge in [-0.3, -0.25) is 4.79 Å². The van der Waals surface area contributed by atoms with E-state index in [4.69, 9.17) is 0 Å². The number of carbonyl (C=O) groups excluding carboxylic acids is 1. The van der Waals surface area contributed by atoms with Crippen LogP contribution in [-0.4, -0.2) is 28.3 Å². The molecule has 0 aliphatic heterocycles. The van der Waals surface area contributed by atoms with Crippen LogP contribution in [0.25, 0.3) is 0 Å². The average Bonchev–Trinajstić information content (AvgIpc) is 2.77. The largest absolute Gasteiger partial charge is 0.507 e. The molecule has 4 nitrogen and oxygen atoms in total. The fourth-order valence-corrected chi connectivity index (χ4v) is 2.92. The van der Waals surface area contributed by atoms with Gasteiger partial charge >= 0.3 is 0 Å². The van der Waals surface area contributed by atoms with Crippen molar-refractivity contribution in [3.8, 4) is 5.75 Å². The highest BCUT2D eigenvalue weighted by atomic mass is 79.9. The van der Waals surface area contributed by atoms with Gasteiger partial charge in [-0.25, -0.2) is 0 Å². The van der Waals surface area contributed by atoms with Crippen molar-refractivity contribution < 1.29 is 15.0 Å².